The molecule has 0 saturated heterocycles. The Morgan fingerprint density at radius 3 is 0.942 bits per heavy atom. The summed E-state index contributed by atoms with van der Waals surface area (Å²) in [6, 6.07) is 0. The van der Waals surface area contributed by atoms with Crippen molar-refractivity contribution in [2.45, 2.75) is 219 Å². The highest BCUT2D eigenvalue weighted by molar-refractivity contribution is 5.71. The fourth-order valence-electron chi connectivity index (χ4n) is 6.81. The number of allylic oxidation sites excluding steroid dienone is 24. The molecule has 0 saturated carbocycles. The fourth-order valence-corrected chi connectivity index (χ4v) is 6.81. The Morgan fingerprint density at radius 2 is 0.580 bits per heavy atom. The van der Waals surface area contributed by atoms with E-state index in [-0.39, 0.29) is 37.5 Å². The molecule has 0 radical (unpaired) electrons. The average molecular weight is 951 g/mol. The Kier molecular flexibility index (Phi) is 52.1. The van der Waals surface area contributed by atoms with Crippen LogP contribution in [0.4, 0.5) is 0 Å². The number of carbonyl (C=O) groups is 3. The van der Waals surface area contributed by atoms with E-state index in [9.17, 15) is 14.4 Å². The van der Waals surface area contributed by atoms with Crippen LogP contribution in [0.3, 0.4) is 0 Å². The SMILES string of the molecule is CC/C=C\C/C=C\C/C=C\C/C=C\C/C=C\C/C=C\C/C=C\C/C=C\C/C=C\CCCC(=O)OCC(COC(=O)CCCCCCC)OC(=O)CCCCCCCCC/C=C\C/C=C\C/C=C\CC. The molecule has 69 heavy (non-hydrogen) atoms. The molecule has 0 heterocycles. The molecule has 0 amide bonds. The molecule has 0 aliphatic rings. The van der Waals surface area contributed by atoms with E-state index in [0.717, 1.165) is 148 Å². The van der Waals surface area contributed by atoms with E-state index in [1.807, 2.05) is 0 Å². The molecule has 386 valence electrons. The molecule has 0 bridgehead atoms. The van der Waals surface area contributed by atoms with Crippen LogP contribution < -0.4 is 0 Å². The highest BCUT2D eigenvalue weighted by Gasteiger charge is 2.19. The van der Waals surface area contributed by atoms with Gasteiger partial charge in [-0.05, 0) is 116 Å². The molecule has 0 aromatic carbocycles. The third-order valence-electron chi connectivity index (χ3n) is 10.8. The maximum absolute atomic E-state index is 12.7. The van der Waals surface area contributed by atoms with Gasteiger partial charge in [0.05, 0.1) is 0 Å². The Hall–Kier alpha value is -4.71. The molecular formula is C63H98O6. The maximum Gasteiger partial charge on any atom is 0.306 e. The number of hydrogen-bond acceptors (Lipinski definition) is 6. The summed E-state index contributed by atoms with van der Waals surface area (Å²) in [5.74, 6) is -1.00. The molecule has 0 N–H and O–H groups in total. The second-order valence-electron chi connectivity index (χ2n) is 17.4. The second-order valence-corrected chi connectivity index (χ2v) is 17.4. The van der Waals surface area contributed by atoms with E-state index in [1.54, 1.807) is 0 Å². The van der Waals surface area contributed by atoms with Crippen molar-refractivity contribution in [3.8, 4) is 0 Å². The van der Waals surface area contributed by atoms with E-state index in [4.69, 9.17) is 14.2 Å². The Balaban J connectivity index is 4.27. The first-order chi connectivity index (χ1) is 34.0. The molecule has 6 heteroatoms. The Labute approximate surface area is 423 Å². The van der Waals surface area contributed by atoms with Gasteiger partial charge in [-0.1, -0.05) is 224 Å². The van der Waals surface area contributed by atoms with Crippen LogP contribution in [-0.2, 0) is 28.6 Å². The number of carbonyl (C=O) groups excluding carboxylic acids is 3. The zero-order chi connectivity index (χ0) is 50.0. The highest BCUT2D eigenvalue weighted by atomic mass is 16.6. The van der Waals surface area contributed by atoms with Crippen LogP contribution in [0.2, 0.25) is 0 Å². The van der Waals surface area contributed by atoms with Gasteiger partial charge in [-0.2, -0.15) is 0 Å². The zero-order valence-electron chi connectivity index (χ0n) is 44.0. The first-order valence-electron chi connectivity index (χ1n) is 27.3. The van der Waals surface area contributed by atoms with Crippen LogP contribution in [0.5, 0.6) is 0 Å². The number of unbranched alkanes of at least 4 members (excludes halogenated alkanes) is 12. The van der Waals surface area contributed by atoms with Crippen molar-refractivity contribution in [3.05, 3.63) is 146 Å². The predicted molar refractivity (Wildman–Crippen MR) is 297 cm³/mol. The lowest BCUT2D eigenvalue weighted by Gasteiger charge is -2.18. The van der Waals surface area contributed by atoms with E-state index in [2.05, 4.69) is 167 Å². The lowest BCUT2D eigenvalue weighted by Crippen LogP contribution is -2.30. The van der Waals surface area contributed by atoms with Crippen molar-refractivity contribution in [2.24, 2.45) is 0 Å². The normalized spacial score (nSPS) is 13.3. The van der Waals surface area contributed by atoms with Gasteiger partial charge in [-0.25, -0.2) is 0 Å². The van der Waals surface area contributed by atoms with E-state index >= 15 is 0 Å². The van der Waals surface area contributed by atoms with Crippen LogP contribution in [0, 0.1) is 0 Å². The third kappa shape index (κ3) is 54.1. The molecule has 0 aliphatic heterocycles. The summed E-state index contributed by atoms with van der Waals surface area (Å²) in [6.07, 6.45) is 80.3. The first kappa shape index (κ1) is 64.3. The minimum Gasteiger partial charge on any atom is -0.462 e. The van der Waals surface area contributed by atoms with Crippen molar-refractivity contribution < 1.29 is 28.6 Å². The topological polar surface area (TPSA) is 78.9 Å². The largest absolute Gasteiger partial charge is 0.462 e. The Bertz CT molecular complexity index is 1560. The summed E-state index contributed by atoms with van der Waals surface area (Å²) in [5.41, 5.74) is 0. The number of hydrogen-bond donors (Lipinski definition) is 0. The van der Waals surface area contributed by atoms with Crippen molar-refractivity contribution in [2.75, 3.05) is 13.2 Å². The number of ether oxygens (including phenoxy) is 3. The molecular weight excluding hydrogens is 853 g/mol. The summed E-state index contributed by atoms with van der Waals surface area (Å²) >= 11 is 0. The smallest absolute Gasteiger partial charge is 0.306 e. The standard InChI is InChI=1S/C63H98O6/c1-4-7-10-13-15-17-19-21-23-25-26-27-28-29-30-31-32-33-34-35-36-38-39-41-43-45-47-50-53-56-62(65)68-59-60(58-67-61(64)55-52-49-12-9-6-3)69-63(66)57-54-51-48-46-44-42-40-37-24-22-20-18-16-14-11-8-5-2/h7-8,10-11,15-18,21-24,26-27,29-30,32-33,35-36,39,41,45,47,60H,4-6,9,12-14,19-20,25,28,31,34,37-38,40,42-44,46,48-59H2,1-3H3/b10-7-,11-8-,17-15-,18-16-,23-21-,24-22-,27-26-,30-29-,33-32-,36-35-,41-39-,47-45-. The molecule has 0 aromatic heterocycles. The van der Waals surface area contributed by atoms with E-state index < -0.39 is 6.10 Å². The minimum atomic E-state index is -0.809. The van der Waals surface area contributed by atoms with Crippen LogP contribution in [0.1, 0.15) is 213 Å². The quantitative estimate of drug-likeness (QED) is 0.0262. The Morgan fingerprint density at radius 1 is 0.304 bits per heavy atom. The molecule has 6 nitrogen and oxygen atoms in total. The van der Waals surface area contributed by atoms with Crippen molar-refractivity contribution in [1.29, 1.82) is 0 Å². The first-order valence-corrected chi connectivity index (χ1v) is 27.3. The van der Waals surface area contributed by atoms with E-state index in [0.29, 0.717) is 19.3 Å². The van der Waals surface area contributed by atoms with Crippen LogP contribution in [-0.4, -0.2) is 37.2 Å². The fraction of sp³-hybridized carbons (Fsp3) is 0.571. The van der Waals surface area contributed by atoms with Gasteiger partial charge in [-0.3, -0.25) is 14.4 Å². The van der Waals surface area contributed by atoms with Gasteiger partial charge in [0.25, 0.3) is 0 Å². The van der Waals surface area contributed by atoms with Gasteiger partial charge in [0, 0.05) is 19.3 Å². The van der Waals surface area contributed by atoms with Gasteiger partial charge < -0.3 is 14.2 Å². The minimum absolute atomic E-state index is 0.106. The molecule has 0 fully saturated rings. The van der Waals surface area contributed by atoms with Crippen LogP contribution in [0.25, 0.3) is 0 Å². The van der Waals surface area contributed by atoms with E-state index in [1.165, 1.54) is 19.3 Å². The van der Waals surface area contributed by atoms with Gasteiger partial charge in [0.1, 0.15) is 13.2 Å². The average Bonchev–Trinajstić information content (AvgIpc) is 3.35. The molecule has 0 aliphatic carbocycles. The highest BCUT2D eigenvalue weighted by Crippen LogP contribution is 2.13. The molecule has 1 unspecified atom stereocenters. The maximum atomic E-state index is 12.7. The molecule has 0 spiro atoms. The van der Waals surface area contributed by atoms with Gasteiger partial charge in [-0.15, -0.1) is 0 Å². The van der Waals surface area contributed by atoms with Gasteiger partial charge in [0.2, 0.25) is 0 Å². The summed E-state index contributed by atoms with van der Waals surface area (Å²) in [7, 11) is 0. The van der Waals surface area contributed by atoms with Crippen molar-refractivity contribution in [1.82, 2.24) is 0 Å². The third-order valence-corrected chi connectivity index (χ3v) is 10.8. The number of esters is 3. The van der Waals surface area contributed by atoms with Crippen LogP contribution >= 0.6 is 0 Å². The monoisotopic (exact) mass is 951 g/mol. The molecule has 0 rings (SSSR count). The second kappa shape index (κ2) is 55.9. The van der Waals surface area contributed by atoms with Crippen molar-refractivity contribution in [3.63, 3.8) is 0 Å². The lowest BCUT2D eigenvalue weighted by atomic mass is 10.1. The molecule has 0 aromatic rings. The lowest BCUT2D eigenvalue weighted by molar-refractivity contribution is -0.167. The molecule has 1 atom stereocenters. The number of rotatable bonds is 47. The summed E-state index contributed by atoms with van der Waals surface area (Å²) in [6.45, 7) is 6.25. The summed E-state index contributed by atoms with van der Waals surface area (Å²) < 4.78 is 16.6. The zero-order valence-corrected chi connectivity index (χ0v) is 44.0. The van der Waals surface area contributed by atoms with Gasteiger partial charge in [0.15, 0.2) is 6.10 Å². The predicted octanol–water partition coefficient (Wildman–Crippen LogP) is 18.4. The van der Waals surface area contributed by atoms with Crippen molar-refractivity contribution >= 4 is 17.9 Å². The van der Waals surface area contributed by atoms with Crippen LogP contribution in [0.15, 0.2) is 146 Å². The summed E-state index contributed by atoms with van der Waals surface area (Å²) in [5, 5.41) is 0. The van der Waals surface area contributed by atoms with Gasteiger partial charge >= 0.3 is 17.9 Å². The summed E-state index contributed by atoms with van der Waals surface area (Å²) in [4.78, 5) is 37.7.